The molecule has 0 spiro atoms. The summed E-state index contributed by atoms with van der Waals surface area (Å²) >= 11 is 0. The van der Waals surface area contributed by atoms with Crippen LogP contribution in [0.15, 0.2) is 24.3 Å². The molecule has 102 valence electrons. The summed E-state index contributed by atoms with van der Waals surface area (Å²) in [6.07, 6.45) is -0.268. The fourth-order valence-corrected chi connectivity index (χ4v) is 2.26. The number of benzene rings is 1. The highest BCUT2D eigenvalue weighted by atomic mass is 19.1. The van der Waals surface area contributed by atoms with E-state index in [1.807, 2.05) is 26.8 Å². The summed E-state index contributed by atoms with van der Waals surface area (Å²) in [6.45, 7) is 6.51. The summed E-state index contributed by atoms with van der Waals surface area (Å²) in [6, 6.07) is 6.53. The molecule has 1 heterocycles. The molecular formula is C15H19FN2O. The van der Waals surface area contributed by atoms with E-state index in [1.165, 1.54) is 12.1 Å². The van der Waals surface area contributed by atoms with Gasteiger partial charge in [0.25, 0.3) is 0 Å². The molecule has 1 aromatic heterocycles. The standard InChI is InChI=1S/C15H19FN2O/c1-4-18-14(7-11(3)17-18)15(19)9-12-8-13(16)6-5-10(12)2/h5-8,15,19H,4,9H2,1-3H3. The average Bonchev–Trinajstić information content (AvgIpc) is 2.75. The van der Waals surface area contributed by atoms with Crippen molar-refractivity contribution < 1.29 is 9.50 Å². The zero-order valence-corrected chi connectivity index (χ0v) is 11.5. The van der Waals surface area contributed by atoms with Crippen LogP contribution < -0.4 is 0 Å². The molecule has 1 aromatic carbocycles. The van der Waals surface area contributed by atoms with Gasteiger partial charge in [-0.15, -0.1) is 0 Å². The number of nitrogens with zero attached hydrogens (tertiary/aromatic N) is 2. The van der Waals surface area contributed by atoms with Crippen LogP contribution >= 0.6 is 0 Å². The first-order valence-electron chi connectivity index (χ1n) is 6.48. The smallest absolute Gasteiger partial charge is 0.123 e. The van der Waals surface area contributed by atoms with Crippen molar-refractivity contribution in [2.24, 2.45) is 0 Å². The minimum absolute atomic E-state index is 0.270. The lowest BCUT2D eigenvalue weighted by molar-refractivity contribution is 0.167. The molecule has 0 amide bonds. The topological polar surface area (TPSA) is 38.0 Å². The Balaban J connectivity index is 2.25. The monoisotopic (exact) mass is 262 g/mol. The molecule has 1 atom stereocenters. The van der Waals surface area contributed by atoms with Gasteiger partial charge in [-0.3, -0.25) is 4.68 Å². The van der Waals surface area contributed by atoms with E-state index >= 15 is 0 Å². The quantitative estimate of drug-likeness (QED) is 0.920. The van der Waals surface area contributed by atoms with Gasteiger partial charge in [-0.2, -0.15) is 5.10 Å². The molecule has 0 saturated heterocycles. The Morgan fingerprint density at radius 1 is 1.32 bits per heavy atom. The van der Waals surface area contributed by atoms with Crippen LogP contribution in [0, 0.1) is 19.7 Å². The Kier molecular flexibility index (Phi) is 4.00. The van der Waals surface area contributed by atoms with Crippen LogP contribution in [0.3, 0.4) is 0 Å². The molecule has 0 aliphatic carbocycles. The van der Waals surface area contributed by atoms with Gasteiger partial charge < -0.3 is 5.11 Å². The Morgan fingerprint density at radius 2 is 2.05 bits per heavy atom. The lowest BCUT2D eigenvalue weighted by Crippen LogP contribution is -2.10. The Morgan fingerprint density at radius 3 is 2.74 bits per heavy atom. The first kappa shape index (κ1) is 13.7. The van der Waals surface area contributed by atoms with E-state index in [4.69, 9.17) is 0 Å². The van der Waals surface area contributed by atoms with Gasteiger partial charge >= 0.3 is 0 Å². The molecule has 4 heteroatoms. The number of hydrogen-bond acceptors (Lipinski definition) is 2. The summed E-state index contributed by atoms with van der Waals surface area (Å²) in [5, 5.41) is 14.6. The van der Waals surface area contributed by atoms with Crippen molar-refractivity contribution in [1.82, 2.24) is 9.78 Å². The Bertz CT molecular complexity index is 578. The van der Waals surface area contributed by atoms with Crippen LogP contribution in [-0.4, -0.2) is 14.9 Å². The van der Waals surface area contributed by atoms with Crippen molar-refractivity contribution in [3.63, 3.8) is 0 Å². The van der Waals surface area contributed by atoms with Crippen LogP contribution in [-0.2, 0) is 13.0 Å². The summed E-state index contributed by atoms with van der Waals surface area (Å²) in [5.41, 5.74) is 3.48. The molecule has 2 rings (SSSR count). The van der Waals surface area contributed by atoms with E-state index < -0.39 is 6.10 Å². The second kappa shape index (κ2) is 5.53. The molecule has 0 radical (unpaired) electrons. The molecule has 3 nitrogen and oxygen atoms in total. The van der Waals surface area contributed by atoms with Gasteiger partial charge in [-0.1, -0.05) is 6.07 Å². The highest BCUT2D eigenvalue weighted by molar-refractivity contribution is 5.28. The summed E-state index contributed by atoms with van der Waals surface area (Å²) in [4.78, 5) is 0. The third-order valence-corrected chi connectivity index (χ3v) is 3.30. The molecule has 0 fully saturated rings. The van der Waals surface area contributed by atoms with E-state index in [-0.39, 0.29) is 5.82 Å². The van der Waals surface area contributed by atoms with Crippen LogP contribution in [0.5, 0.6) is 0 Å². The lowest BCUT2D eigenvalue weighted by atomic mass is 10.0. The van der Waals surface area contributed by atoms with Gasteiger partial charge in [-0.05, 0) is 50.1 Å². The van der Waals surface area contributed by atoms with Crippen LogP contribution in [0.4, 0.5) is 4.39 Å². The average molecular weight is 262 g/mol. The van der Waals surface area contributed by atoms with Gasteiger partial charge in [0, 0.05) is 13.0 Å². The number of aliphatic hydroxyl groups excluding tert-OH is 1. The van der Waals surface area contributed by atoms with Gasteiger partial charge in [0.15, 0.2) is 0 Å². The van der Waals surface area contributed by atoms with Gasteiger partial charge in [0.2, 0.25) is 0 Å². The van der Waals surface area contributed by atoms with E-state index in [0.29, 0.717) is 13.0 Å². The van der Waals surface area contributed by atoms with Crippen LogP contribution in [0.2, 0.25) is 0 Å². The minimum Gasteiger partial charge on any atom is -0.386 e. The predicted octanol–water partition coefficient (Wildman–Crippen LogP) is 2.94. The van der Waals surface area contributed by atoms with Gasteiger partial charge in [0.05, 0.1) is 17.5 Å². The Labute approximate surface area is 112 Å². The number of aromatic nitrogens is 2. The number of aliphatic hydroxyl groups is 1. The zero-order chi connectivity index (χ0) is 14.0. The highest BCUT2D eigenvalue weighted by Gasteiger charge is 2.16. The fourth-order valence-electron chi connectivity index (χ4n) is 2.26. The van der Waals surface area contributed by atoms with E-state index in [0.717, 1.165) is 22.5 Å². The summed E-state index contributed by atoms with van der Waals surface area (Å²) in [5.74, 6) is -0.270. The van der Waals surface area contributed by atoms with Crippen LogP contribution in [0.1, 0.15) is 35.5 Å². The second-order valence-corrected chi connectivity index (χ2v) is 4.82. The number of aryl methyl sites for hydroxylation is 3. The fraction of sp³-hybridized carbons (Fsp3) is 0.400. The molecule has 2 aromatic rings. The zero-order valence-electron chi connectivity index (χ0n) is 11.5. The Hall–Kier alpha value is -1.68. The summed E-state index contributed by atoms with van der Waals surface area (Å²) in [7, 11) is 0. The molecular weight excluding hydrogens is 243 g/mol. The molecule has 0 aliphatic heterocycles. The largest absolute Gasteiger partial charge is 0.386 e. The molecule has 0 saturated carbocycles. The molecule has 19 heavy (non-hydrogen) atoms. The highest BCUT2D eigenvalue weighted by Crippen LogP contribution is 2.22. The lowest BCUT2D eigenvalue weighted by Gasteiger charge is -2.14. The number of rotatable bonds is 4. The van der Waals surface area contributed by atoms with Crippen molar-refractivity contribution in [3.05, 3.63) is 52.6 Å². The number of halogens is 1. The van der Waals surface area contributed by atoms with Crippen molar-refractivity contribution in [2.75, 3.05) is 0 Å². The predicted molar refractivity (Wildman–Crippen MR) is 72.4 cm³/mol. The maximum atomic E-state index is 13.3. The first-order valence-corrected chi connectivity index (χ1v) is 6.48. The molecule has 1 unspecified atom stereocenters. The maximum absolute atomic E-state index is 13.3. The second-order valence-electron chi connectivity index (χ2n) is 4.82. The molecule has 0 aliphatic rings. The van der Waals surface area contributed by atoms with Gasteiger partial charge in [-0.25, -0.2) is 4.39 Å². The number of hydrogen-bond donors (Lipinski definition) is 1. The van der Waals surface area contributed by atoms with E-state index in [1.54, 1.807) is 10.7 Å². The maximum Gasteiger partial charge on any atom is 0.123 e. The van der Waals surface area contributed by atoms with E-state index in [2.05, 4.69) is 5.10 Å². The third-order valence-electron chi connectivity index (χ3n) is 3.30. The third kappa shape index (κ3) is 3.01. The van der Waals surface area contributed by atoms with Crippen molar-refractivity contribution in [3.8, 4) is 0 Å². The van der Waals surface area contributed by atoms with Crippen molar-refractivity contribution >= 4 is 0 Å². The molecule has 1 N–H and O–H groups in total. The van der Waals surface area contributed by atoms with E-state index in [9.17, 15) is 9.50 Å². The van der Waals surface area contributed by atoms with Crippen LogP contribution in [0.25, 0.3) is 0 Å². The first-order chi connectivity index (χ1) is 9.01. The van der Waals surface area contributed by atoms with Crippen molar-refractivity contribution in [2.45, 2.75) is 39.8 Å². The molecule has 0 bridgehead atoms. The minimum atomic E-state index is -0.665. The van der Waals surface area contributed by atoms with Crippen molar-refractivity contribution in [1.29, 1.82) is 0 Å². The normalized spacial score (nSPS) is 12.7. The summed E-state index contributed by atoms with van der Waals surface area (Å²) < 4.78 is 15.0. The van der Waals surface area contributed by atoms with Gasteiger partial charge in [0.1, 0.15) is 5.82 Å². The SMILES string of the molecule is CCn1nc(C)cc1C(O)Cc1cc(F)ccc1C.